The van der Waals surface area contributed by atoms with Crippen molar-refractivity contribution in [3.8, 4) is 11.1 Å². The number of nitrogens with zero attached hydrogens (tertiary/aromatic N) is 3. The molecule has 0 saturated heterocycles. The van der Waals surface area contributed by atoms with Gasteiger partial charge in [-0.3, -0.25) is 9.59 Å². The van der Waals surface area contributed by atoms with E-state index < -0.39 is 0 Å². The molecule has 2 amide bonds. The summed E-state index contributed by atoms with van der Waals surface area (Å²) in [5.74, 6) is 1.21. The highest BCUT2D eigenvalue weighted by Gasteiger charge is 2.39. The second-order valence-corrected chi connectivity index (χ2v) is 9.74. The molecule has 2 heterocycles. The fourth-order valence-corrected chi connectivity index (χ4v) is 3.53. The first-order valence-corrected chi connectivity index (χ1v) is 11.1. The summed E-state index contributed by atoms with van der Waals surface area (Å²) >= 11 is 0. The van der Waals surface area contributed by atoms with Crippen molar-refractivity contribution in [2.75, 3.05) is 5.32 Å². The Morgan fingerprint density at radius 1 is 1.15 bits per heavy atom. The van der Waals surface area contributed by atoms with Gasteiger partial charge in [-0.1, -0.05) is 51.1 Å². The van der Waals surface area contributed by atoms with Crippen molar-refractivity contribution in [1.29, 1.82) is 0 Å². The van der Waals surface area contributed by atoms with Crippen LogP contribution in [0.1, 0.15) is 61.8 Å². The third-order valence-corrected chi connectivity index (χ3v) is 5.84. The molecule has 33 heavy (non-hydrogen) atoms. The van der Waals surface area contributed by atoms with Crippen LogP contribution in [0.25, 0.3) is 11.1 Å². The number of amides is 2. The highest BCUT2D eigenvalue weighted by atomic mass is 16.5. The van der Waals surface area contributed by atoms with Gasteiger partial charge in [0, 0.05) is 24.1 Å². The molecule has 3 aromatic rings. The van der Waals surface area contributed by atoms with Gasteiger partial charge < -0.3 is 15.2 Å². The molecular formula is C25H29N5O3. The minimum Gasteiger partial charge on any atom is -0.345 e. The predicted octanol–water partition coefficient (Wildman–Crippen LogP) is 4.26. The maximum absolute atomic E-state index is 12.4. The number of nitrogens with one attached hydrogen (secondary N) is 2. The van der Waals surface area contributed by atoms with Crippen molar-refractivity contribution in [2.24, 2.45) is 11.8 Å². The van der Waals surface area contributed by atoms with E-state index in [0.717, 1.165) is 28.7 Å². The lowest BCUT2D eigenvalue weighted by atomic mass is 9.97. The largest absolute Gasteiger partial charge is 0.345 e. The molecule has 8 nitrogen and oxygen atoms in total. The normalized spacial score (nSPS) is 17.5. The van der Waals surface area contributed by atoms with E-state index in [1.165, 1.54) is 0 Å². The zero-order valence-corrected chi connectivity index (χ0v) is 19.6. The van der Waals surface area contributed by atoms with Gasteiger partial charge in [-0.15, -0.1) is 0 Å². The van der Waals surface area contributed by atoms with Crippen LogP contribution < -0.4 is 10.6 Å². The molecule has 1 aromatic carbocycles. The number of pyridine rings is 1. The van der Waals surface area contributed by atoms with Crippen LogP contribution in [0.15, 0.2) is 41.1 Å². The molecule has 1 aliphatic rings. The van der Waals surface area contributed by atoms with Gasteiger partial charge in [-0.25, -0.2) is 4.98 Å². The summed E-state index contributed by atoms with van der Waals surface area (Å²) < 4.78 is 5.19. The molecule has 0 unspecified atom stereocenters. The molecule has 4 rings (SSSR count). The zero-order chi connectivity index (χ0) is 23.8. The van der Waals surface area contributed by atoms with Crippen molar-refractivity contribution in [3.05, 3.63) is 59.4 Å². The Kier molecular flexibility index (Phi) is 6.01. The SMILES string of the molecule is Cc1cc(-c2ccnc(NC(=O)[C@@H]3C[C@@H]3C)c2)ccc1CNC(=O)c1noc(C(C)(C)C)n1. The number of anilines is 1. The average molecular weight is 448 g/mol. The van der Waals surface area contributed by atoms with Crippen LogP contribution in [0.2, 0.25) is 0 Å². The standard InChI is InChI=1S/C25H29N5O3/c1-14-10-16(17-8-9-26-20(12-17)28-22(31)19-11-15(19)2)6-7-18(14)13-27-23(32)21-29-24(33-30-21)25(3,4)5/h6-10,12,15,19H,11,13H2,1-5H3,(H,27,32)(H,26,28,31)/t15-,19+/m0/s1. The molecule has 172 valence electrons. The molecule has 2 aromatic heterocycles. The van der Waals surface area contributed by atoms with Gasteiger partial charge in [0.25, 0.3) is 11.7 Å². The molecule has 2 N–H and O–H groups in total. The Morgan fingerprint density at radius 3 is 2.52 bits per heavy atom. The first-order valence-electron chi connectivity index (χ1n) is 11.1. The van der Waals surface area contributed by atoms with Crippen LogP contribution in [0, 0.1) is 18.8 Å². The molecule has 1 aliphatic carbocycles. The maximum atomic E-state index is 12.4. The Balaban J connectivity index is 1.41. The highest BCUT2D eigenvalue weighted by Crippen LogP contribution is 2.38. The maximum Gasteiger partial charge on any atom is 0.292 e. The Bertz CT molecular complexity index is 1190. The molecule has 0 aliphatic heterocycles. The van der Waals surface area contributed by atoms with Crippen LogP contribution in [-0.2, 0) is 16.8 Å². The van der Waals surface area contributed by atoms with E-state index in [2.05, 4.69) is 38.7 Å². The lowest BCUT2D eigenvalue weighted by molar-refractivity contribution is -0.117. The van der Waals surface area contributed by atoms with E-state index in [1.54, 1.807) is 6.20 Å². The van der Waals surface area contributed by atoms with Crippen molar-refractivity contribution in [2.45, 2.75) is 53.0 Å². The van der Waals surface area contributed by atoms with Crippen LogP contribution in [0.4, 0.5) is 5.82 Å². The molecule has 1 fully saturated rings. The molecule has 0 spiro atoms. The van der Waals surface area contributed by atoms with Gasteiger partial charge in [-0.05, 0) is 53.6 Å². The summed E-state index contributed by atoms with van der Waals surface area (Å²) in [6.07, 6.45) is 2.63. The van der Waals surface area contributed by atoms with Crippen molar-refractivity contribution < 1.29 is 14.1 Å². The number of rotatable bonds is 6. The highest BCUT2D eigenvalue weighted by molar-refractivity contribution is 5.94. The molecule has 8 heteroatoms. The van der Waals surface area contributed by atoms with Crippen molar-refractivity contribution >= 4 is 17.6 Å². The van der Waals surface area contributed by atoms with Crippen LogP contribution in [0.3, 0.4) is 0 Å². The van der Waals surface area contributed by atoms with E-state index >= 15 is 0 Å². The van der Waals surface area contributed by atoms with E-state index in [9.17, 15) is 9.59 Å². The first-order chi connectivity index (χ1) is 15.6. The molecule has 0 bridgehead atoms. The number of carbonyl (C=O) groups excluding carboxylic acids is 2. The minimum atomic E-state index is -0.378. The third-order valence-electron chi connectivity index (χ3n) is 5.84. The first kappa shape index (κ1) is 22.6. The van der Waals surface area contributed by atoms with Crippen LogP contribution in [-0.4, -0.2) is 26.9 Å². The Hall–Kier alpha value is -3.55. The van der Waals surface area contributed by atoms with Gasteiger partial charge in [0.15, 0.2) is 0 Å². The van der Waals surface area contributed by atoms with Crippen LogP contribution in [0.5, 0.6) is 0 Å². The van der Waals surface area contributed by atoms with Gasteiger partial charge in [-0.2, -0.15) is 4.98 Å². The number of aryl methyl sites for hydroxylation is 1. The fraction of sp³-hybridized carbons (Fsp3) is 0.400. The van der Waals surface area contributed by atoms with Gasteiger partial charge in [0.1, 0.15) is 5.82 Å². The summed E-state index contributed by atoms with van der Waals surface area (Å²) in [7, 11) is 0. The fourth-order valence-electron chi connectivity index (χ4n) is 3.53. The van der Waals surface area contributed by atoms with Crippen molar-refractivity contribution in [1.82, 2.24) is 20.4 Å². The van der Waals surface area contributed by atoms with Crippen molar-refractivity contribution in [3.63, 3.8) is 0 Å². The summed E-state index contributed by atoms with van der Waals surface area (Å²) in [6, 6.07) is 9.81. The second kappa shape index (κ2) is 8.77. The summed E-state index contributed by atoms with van der Waals surface area (Å²) in [4.78, 5) is 33.1. The second-order valence-electron chi connectivity index (χ2n) is 9.74. The van der Waals surface area contributed by atoms with E-state index in [-0.39, 0.29) is 29.0 Å². The zero-order valence-electron chi connectivity index (χ0n) is 19.6. The number of hydrogen-bond donors (Lipinski definition) is 2. The number of benzene rings is 1. The molecule has 2 atom stereocenters. The van der Waals surface area contributed by atoms with Gasteiger partial charge in [0.05, 0.1) is 0 Å². The minimum absolute atomic E-state index is 0.0288. The van der Waals surface area contributed by atoms with E-state index in [0.29, 0.717) is 24.2 Å². The van der Waals surface area contributed by atoms with Gasteiger partial charge in [0.2, 0.25) is 11.8 Å². The lowest BCUT2D eigenvalue weighted by Crippen LogP contribution is -2.24. The van der Waals surface area contributed by atoms with Crippen LogP contribution >= 0.6 is 0 Å². The lowest BCUT2D eigenvalue weighted by Gasteiger charge is -2.11. The Morgan fingerprint density at radius 2 is 1.88 bits per heavy atom. The topological polar surface area (TPSA) is 110 Å². The van der Waals surface area contributed by atoms with Gasteiger partial charge >= 0.3 is 0 Å². The molecule has 1 saturated carbocycles. The summed E-state index contributed by atoms with van der Waals surface area (Å²) in [5.41, 5.74) is 3.67. The number of aromatic nitrogens is 3. The monoisotopic (exact) mass is 447 g/mol. The van der Waals surface area contributed by atoms with E-state index in [4.69, 9.17) is 4.52 Å². The molecular weight excluding hydrogens is 418 g/mol. The predicted molar refractivity (Wildman–Crippen MR) is 124 cm³/mol. The quantitative estimate of drug-likeness (QED) is 0.584. The number of hydrogen-bond acceptors (Lipinski definition) is 6. The average Bonchev–Trinajstić information content (AvgIpc) is 3.28. The third kappa shape index (κ3) is 5.27. The Labute approximate surface area is 193 Å². The molecule has 0 radical (unpaired) electrons. The smallest absolute Gasteiger partial charge is 0.292 e. The summed E-state index contributed by atoms with van der Waals surface area (Å²) in [6.45, 7) is 10.3. The summed E-state index contributed by atoms with van der Waals surface area (Å²) in [5, 5.41) is 9.55. The van der Waals surface area contributed by atoms with E-state index in [1.807, 2.05) is 52.0 Å². The number of carbonyl (C=O) groups is 2.